The lowest BCUT2D eigenvalue weighted by Crippen LogP contribution is -2.27. The van der Waals surface area contributed by atoms with E-state index in [4.69, 9.17) is 5.73 Å². The molecule has 0 aliphatic rings. The maximum atomic E-state index is 13.1. The molecule has 1 rings (SSSR count). The summed E-state index contributed by atoms with van der Waals surface area (Å²) < 4.78 is 13.1. The van der Waals surface area contributed by atoms with Gasteiger partial charge in [-0.05, 0) is 36.7 Å². The highest BCUT2D eigenvalue weighted by Gasteiger charge is 2.15. The number of nitrogens with one attached hydrogen (secondary N) is 1. The van der Waals surface area contributed by atoms with Gasteiger partial charge in [0.25, 0.3) is 0 Å². The van der Waals surface area contributed by atoms with Gasteiger partial charge in [-0.3, -0.25) is 4.79 Å². The molecule has 0 bridgehead atoms. The molecule has 0 fully saturated rings. The second-order valence-corrected chi connectivity index (χ2v) is 3.78. The van der Waals surface area contributed by atoms with Gasteiger partial charge in [0, 0.05) is 12.5 Å². The van der Waals surface area contributed by atoms with Crippen LogP contribution in [0.4, 0.5) is 4.39 Å². The van der Waals surface area contributed by atoms with E-state index >= 15 is 0 Å². The molecule has 0 saturated heterocycles. The summed E-state index contributed by atoms with van der Waals surface area (Å²) in [6.45, 7) is 4.52. The monoisotopic (exact) mass is 224 g/mol. The van der Waals surface area contributed by atoms with Gasteiger partial charge in [0.05, 0.1) is 0 Å². The highest BCUT2D eigenvalue weighted by molar-refractivity contribution is 5.74. The van der Waals surface area contributed by atoms with Crippen molar-refractivity contribution in [3.05, 3.63) is 35.1 Å². The van der Waals surface area contributed by atoms with Crippen LogP contribution in [-0.4, -0.2) is 12.5 Å². The summed E-state index contributed by atoms with van der Waals surface area (Å²) in [5.41, 5.74) is 6.92. The lowest BCUT2D eigenvalue weighted by molar-refractivity contribution is -0.118. The number of hydrogen-bond acceptors (Lipinski definition) is 2. The van der Waals surface area contributed by atoms with Gasteiger partial charge in [0.15, 0.2) is 0 Å². The Morgan fingerprint density at radius 1 is 1.56 bits per heavy atom. The molecule has 0 radical (unpaired) electrons. The normalized spacial score (nSPS) is 12.4. The van der Waals surface area contributed by atoms with Crippen LogP contribution in [-0.2, 0) is 4.79 Å². The first-order valence-electron chi connectivity index (χ1n) is 5.32. The maximum Gasteiger partial charge on any atom is 0.219 e. The van der Waals surface area contributed by atoms with Crippen LogP contribution in [0.25, 0.3) is 0 Å². The summed E-state index contributed by atoms with van der Waals surface area (Å²) >= 11 is 0. The number of benzene rings is 1. The first kappa shape index (κ1) is 12.6. The predicted octanol–water partition coefficient (Wildman–Crippen LogP) is 1.66. The van der Waals surface area contributed by atoms with Crippen molar-refractivity contribution in [2.75, 3.05) is 6.54 Å². The van der Waals surface area contributed by atoms with Crippen LogP contribution >= 0.6 is 0 Å². The number of nitrogens with two attached hydrogens (primary N) is 1. The van der Waals surface area contributed by atoms with Gasteiger partial charge in [0.1, 0.15) is 5.82 Å². The Labute approximate surface area is 94.8 Å². The molecule has 3 N–H and O–H groups in total. The van der Waals surface area contributed by atoms with E-state index in [1.807, 2.05) is 13.8 Å². The molecule has 16 heavy (non-hydrogen) atoms. The van der Waals surface area contributed by atoms with Crippen LogP contribution in [0.2, 0.25) is 0 Å². The van der Waals surface area contributed by atoms with Gasteiger partial charge in [0.2, 0.25) is 5.91 Å². The fraction of sp³-hybridized carbons (Fsp3) is 0.417. The van der Waals surface area contributed by atoms with Crippen molar-refractivity contribution in [1.29, 1.82) is 0 Å². The minimum absolute atomic E-state index is 0.179. The van der Waals surface area contributed by atoms with E-state index in [1.165, 1.54) is 12.1 Å². The summed E-state index contributed by atoms with van der Waals surface area (Å²) in [5.74, 6) is -0.692. The van der Waals surface area contributed by atoms with Crippen LogP contribution in [0.3, 0.4) is 0 Å². The lowest BCUT2D eigenvalue weighted by Gasteiger charge is -2.18. The average Bonchev–Trinajstić information content (AvgIpc) is 2.20. The maximum absolute atomic E-state index is 13.1. The van der Waals surface area contributed by atoms with Crippen molar-refractivity contribution in [2.24, 2.45) is 5.73 Å². The summed E-state index contributed by atoms with van der Waals surface area (Å²) in [7, 11) is 0. The Morgan fingerprint density at radius 2 is 2.25 bits per heavy atom. The van der Waals surface area contributed by atoms with Crippen LogP contribution in [0, 0.1) is 12.7 Å². The smallest absolute Gasteiger partial charge is 0.219 e. The number of halogens is 1. The Morgan fingerprint density at radius 3 is 2.81 bits per heavy atom. The predicted molar refractivity (Wildman–Crippen MR) is 61.4 cm³/mol. The van der Waals surface area contributed by atoms with Crippen LogP contribution in [0.15, 0.2) is 18.2 Å². The van der Waals surface area contributed by atoms with E-state index in [2.05, 4.69) is 5.32 Å². The quantitative estimate of drug-likeness (QED) is 0.799. The third kappa shape index (κ3) is 3.31. The van der Waals surface area contributed by atoms with Gasteiger partial charge >= 0.3 is 0 Å². The molecule has 88 valence electrons. The van der Waals surface area contributed by atoms with E-state index in [-0.39, 0.29) is 18.3 Å². The molecule has 1 aromatic carbocycles. The first-order chi connectivity index (χ1) is 7.54. The fourth-order valence-electron chi connectivity index (χ4n) is 1.73. The zero-order valence-corrected chi connectivity index (χ0v) is 9.59. The second kappa shape index (κ2) is 5.61. The zero-order chi connectivity index (χ0) is 12.1. The molecule has 1 unspecified atom stereocenters. The molecule has 1 atom stereocenters. The van der Waals surface area contributed by atoms with Crippen molar-refractivity contribution in [3.63, 3.8) is 0 Å². The molecule has 0 aliphatic heterocycles. The van der Waals surface area contributed by atoms with Crippen molar-refractivity contribution < 1.29 is 9.18 Å². The van der Waals surface area contributed by atoms with Gasteiger partial charge < -0.3 is 11.1 Å². The Hall–Kier alpha value is -1.42. The average molecular weight is 224 g/mol. The molecule has 0 aliphatic carbocycles. The molecular formula is C12H17FN2O. The molecule has 0 spiro atoms. The van der Waals surface area contributed by atoms with Gasteiger partial charge in [-0.1, -0.05) is 13.0 Å². The molecule has 1 aromatic rings. The number of hydrogen-bond donors (Lipinski definition) is 2. The minimum atomic E-state index is -0.394. The topological polar surface area (TPSA) is 55.1 Å². The molecule has 4 heteroatoms. The molecule has 0 saturated carbocycles. The van der Waals surface area contributed by atoms with Gasteiger partial charge in [-0.25, -0.2) is 4.39 Å². The molecule has 1 amide bonds. The third-order valence-electron chi connectivity index (χ3n) is 2.47. The summed E-state index contributed by atoms with van der Waals surface area (Å²) in [6.07, 6.45) is 0.179. The molecular weight excluding hydrogens is 207 g/mol. The van der Waals surface area contributed by atoms with Gasteiger partial charge in [-0.2, -0.15) is 0 Å². The number of amides is 1. The van der Waals surface area contributed by atoms with E-state index in [0.29, 0.717) is 6.54 Å². The molecule has 0 aromatic heterocycles. The van der Waals surface area contributed by atoms with E-state index < -0.39 is 5.91 Å². The Bertz CT molecular complexity index is 379. The Kier molecular flexibility index (Phi) is 4.43. The summed E-state index contributed by atoms with van der Waals surface area (Å²) in [6, 6.07) is 4.35. The Balaban J connectivity index is 2.99. The van der Waals surface area contributed by atoms with Crippen molar-refractivity contribution >= 4 is 5.91 Å². The highest BCUT2D eigenvalue weighted by atomic mass is 19.1. The molecule has 0 heterocycles. The fourth-order valence-corrected chi connectivity index (χ4v) is 1.73. The largest absolute Gasteiger partial charge is 0.370 e. The lowest BCUT2D eigenvalue weighted by atomic mass is 9.98. The standard InChI is InChI=1S/C12H17FN2O/c1-3-15-11(7-12(14)16)10-6-9(13)5-4-8(10)2/h4-6,11,15H,3,7H2,1-2H3,(H2,14,16). The number of primary amides is 1. The number of carbonyl (C=O) groups excluding carboxylic acids is 1. The van der Waals surface area contributed by atoms with Crippen LogP contribution < -0.4 is 11.1 Å². The van der Waals surface area contributed by atoms with Crippen LogP contribution in [0.5, 0.6) is 0 Å². The number of carbonyl (C=O) groups is 1. The first-order valence-corrected chi connectivity index (χ1v) is 5.32. The second-order valence-electron chi connectivity index (χ2n) is 3.78. The summed E-state index contributed by atoms with van der Waals surface area (Å²) in [5, 5.41) is 3.13. The SMILES string of the molecule is CCNC(CC(N)=O)c1cc(F)ccc1C. The number of rotatable bonds is 5. The van der Waals surface area contributed by atoms with Crippen LogP contribution in [0.1, 0.15) is 30.5 Å². The van der Waals surface area contributed by atoms with E-state index in [0.717, 1.165) is 11.1 Å². The number of aryl methyl sites for hydroxylation is 1. The molecule has 3 nitrogen and oxygen atoms in total. The van der Waals surface area contributed by atoms with E-state index in [1.54, 1.807) is 6.07 Å². The van der Waals surface area contributed by atoms with Gasteiger partial charge in [-0.15, -0.1) is 0 Å². The third-order valence-corrected chi connectivity index (χ3v) is 2.47. The zero-order valence-electron chi connectivity index (χ0n) is 9.59. The highest BCUT2D eigenvalue weighted by Crippen LogP contribution is 2.21. The van der Waals surface area contributed by atoms with Crippen molar-refractivity contribution in [3.8, 4) is 0 Å². The van der Waals surface area contributed by atoms with E-state index in [9.17, 15) is 9.18 Å². The van der Waals surface area contributed by atoms with Crippen molar-refractivity contribution in [1.82, 2.24) is 5.32 Å². The van der Waals surface area contributed by atoms with Crippen molar-refractivity contribution in [2.45, 2.75) is 26.3 Å². The minimum Gasteiger partial charge on any atom is -0.370 e. The summed E-state index contributed by atoms with van der Waals surface area (Å²) in [4.78, 5) is 10.9.